The van der Waals surface area contributed by atoms with Gasteiger partial charge in [-0.25, -0.2) is 0 Å². The van der Waals surface area contributed by atoms with E-state index in [2.05, 4.69) is 21.3 Å². The SMILES string of the molecule is C[C@@H]1C[C@@H](CC(NC(=O)c2cc(Cl)ccc2NC(=O)CCC(F)(F)F)C(O)C(=O)NC2CC2)C(=O)N1. The van der Waals surface area contributed by atoms with E-state index in [1.54, 1.807) is 6.92 Å². The summed E-state index contributed by atoms with van der Waals surface area (Å²) >= 11 is 6.00. The van der Waals surface area contributed by atoms with Crippen molar-refractivity contribution in [3.63, 3.8) is 0 Å². The molecule has 1 heterocycles. The van der Waals surface area contributed by atoms with Gasteiger partial charge in [0.05, 0.1) is 23.7 Å². The van der Waals surface area contributed by atoms with E-state index in [0.717, 1.165) is 12.8 Å². The first kappa shape index (κ1) is 27.7. The van der Waals surface area contributed by atoms with Gasteiger partial charge in [0.15, 0.2) is 6.10 Å². The van der Waals surface area contributed by atoms with Gasteiger partial charge in [-0.2, -0.15) is 13.2 Å². The third kappa shape index (κ3) is 8.09. The third-order valence-corrected chi connectivity index (χ3v) is 6.20. The second-order valence-electron chi connectivity index (χ2n) is 9.24. The zero-order chi connectivity index (χ0) is 26.6. The summed E-state index contributed by atoms with van der Waals surface area (Å²) in [7, 11) is 0. The summed E-state index contributed by atoms with van der Waals surface area (Å²) in [5, 5.41) is 21.1. The van der Waals surface area contributed by atoms with Crippen molar-refractivity contribution in [1.82, 2.24) is 16.0 Å². The van der Waals surface area contributed by atoms with E-state index in [1.165, 1.54) is 18.2 Å². The molecule has 1 aliphatic heterocycles. The zero-order valence-corrected chi connectivity index (χ0v) is 20.2. The molecule has 0 spiro atoms. The minimum atomic E-state index is -4.52. The van der Waals surface area contributed by atoms with Crippen LogP contribution in [0.15, 0.2) is 18.2 Å². The largest absolute Gasteiger partial charge is 0.389 e. The maximum Gasteiger partial charge on any atom is 0.389 e. The number of carbonyl (C=O) groups excluding carboxylic acids is 4. The van der Waals surface area contributed by atoms with Crippen LogP contribution in [0.2, 0.25) is 5.02 Å². The molecule has 4 amide bonds. The number of halogens is 4. The Morgan fingerprint density at radius 1 is 1.25 bits per heavy atom. The number of amides is 4. The molecule has 0 radical (unpaired) electrons. The maximum atomic E-state index is 13.2. The van der Waals surface area contributed by atoms with Crippen molar-refractivity contribution in [2.24, 2.45) is 5.92 Å². The van der Waals surface area contributed by atoms with E-state index in [4.69, 9.17) is 11.6 Å². The van der Waals surface area contributed by atoms with Crippen LogP contribution in [-0.2, 0) is 14.4 Å². The molecule has 2 unspecified atom stereocenters. The number of aliphatic hydroxyl groups excluding tert-OH is 1. The van der Waals surface area contributed by atoms with E-state index < -0.39 is 54.8 Å². The molecule has 1 aromatic rings. The average molecular weight is 533 g/mol. The smallest absolute Gasteiger partial charge is 0.381 e. The number of aliphatic hydroxyl groups is 1. The van der Waals surface area contributed by atoms with Gasteiger partial charge in [0.25, 0.3) is 11.8 Å². The molecule has 1 saturated carbocycles. The van der Waals surface area contributed by atoms with Crippen molar-refractivity contribution in [1.29, 1.82) is 0 Å². The highest BCUT2D eigenvalue weighted by molar-refractivity contribution is 6.31. The summed E-state index contributed by atoms with van der Waals surface area (Å²) in [6.07, 6.45) is -6.40. The van der Waals surface area contributed by atoms with Gasteiger partial charge in [-0.1, -0.05) is 11.6 Å². The van der Waals surface area contributed by atoms with Crippen LogP contribution >= 0.6 is 11.6 Å². The molecular weight excluding hydrogens is 505 g/mol. The fourth-order valence-corrected chi connectivity index (χ4v) is 4.13. The van der Waals surface area contributed by atoms with E-state index in [9.17, 15) is 37.5 Å². The van der Waals surface area contributed by atoms with E-state index >= 15 is 0 Å². The van der Waals surface area contributed by atoms with Crippen LogP contribution in [0.3, 0.4) is 0 Å². The van der Waals surface area contributed by atoms with Gasteiger partial charge in [0.2, 0.25) is 11.8 Å². The van der Waals surface area contributed by atoms with Gasteiger partial charge in [0.1, 0.15) is 0 Å². The van der Waals surface area contributed by atoms with Crippen molar-refractivity contribution >= 4 is 40.9 Å². The van der Waals surface area contributed by atoms with Crippen molar-refractivity contribution in [2.75, 3.05) is 5.32 Å². The molecular formula is C23H28ClF3N4O5. The lowest BCUT2D eigenvalue weighted by Crippen LogP contribution is -2.52. The Hall–Kier alpha value is -2.86. The Kier molecular flexibility index (Phi) is 8.83. The van der Waals surface area contributed by atoms with Crippen LogP contribution in [-0.4, -0.2) is 59.1 Å². The molecule has 3 rings (SSSR count). The van der Waals surface area contributed by atoms with Gasteiger partial charge < -0.3 is 26.4 Å². The van der Waals surface area contributed by atoms with Gasteiger partial charge in [-0.05, 0) is 50.8 Å². The normalized spacial score (nSPS) is 21.3. The third-order valence-electron chi connectivity index (χ3n) is 5.96. The molecule has 36 heavy (non-hydrogen) atoms. The molecule has 1 aromatic carbocycles. The standard InChI is InChI=1S/C23H28ClF3N4O5/c1-11-8-12(20(34)28-11)9-17(19(33)22(36)29-14-3-4-14)31-21(35)15-10-13(24)2-5-16(15)30-18(32)6-7-23(25,26)27/h2,5,10-12,14,17,19,33H,3-4,6-9H2,1H3,(H,28,34)(H,29,36)(H,30,32)(H,31,35)/t11-,12+,17?,19?/m1/s1. The first-order valence-corrected chi connectivity index (χ1v) is 12.0. The van der Waals surface area contributed by atoms with Gasteiger partial charge in [-0.3, -0.25) is 19.2 Å². The Bertz CT molecular complexity index is 1020. The van der Waals surface area contributed by atoms with Crippen molar-refractivity contribution < 1.29 is 37.5 Å². The van der Waals surface area contributed by atoms with Gasteiger partial charge in [0, 0.05) is 29.4 Å². The predicted octanol–water partition coefficient (Wildman–Crippen LogP) is 2.27. The molecule has 198 valence electrons. The highest BCUT2D eigenvalue weighted by Gasteiger charge is 2.38. The van der Waals surface area contributed by atoms with Gasteiger partial charge >= 0.3 is 6.18 Å². The Labute approximate surface area is 210 Å². The molecule has 5 N–H and O–H groups in total. The second-order valence-corrected chi connectivity index (χ2v) is 9.68. The molecule has 1 saturated heterocycles. The van der Waals surface area contributed by atoms with Crippen LogP contribution in [0.4, 0.5) is 18.9 Å². The summed E-state index contributed by atoms with van der Waals surface area (Å²) in [6, 6.07) is 2.49. The minimum Gasteiger partial charge on any atom is -0.381 e. The monoisotopic (exact) mass is 532 g/mol. The molecule has 13 heteroatoms. The van der Waals surface area contributed by atoms with E-state index in [0.29, 0.717) is 6.42 Å². The number of rotatable bonds is 10. The van der Waals surface area contributed by atoms with Crippen LogP contribution in [0.25, 0.3) is 0 Å². The van der Waals surface area contributed by atoms with E-state index in [1.807, 2.05) is 0 Å². The number of alkyl halides is 3. The van der Waals surface area contributed by atoms with Crippen molar-refractivity contribution in [2.45, 2.75) is 75.9 Å². The zero-order valence-electron chi connectivity index (χ0n) is 19.5. The molecule has 4 atom stereocenters. The summed E-state index contributed by atoms with van der Waals surface area (Å²) < 4.78 is 37.4. The number of benzene rings is 1. The second kappa shape index (κ2) is 11.5. The number of hydrogen-bond donors (Lipinski definition) is 5. The Morgan fingerprint density at radius 2 is 1.94 bits per heavy atom. The summed E-state index contributed by atoms with van der Waals surface area (Å²) in [6.45, 7) is 1.81. The van der Waals surface area contributed by atoms with Crippen LogP contribution in [0, 0.1) is 5.92 Å². The van der Waals surface area contributed by atoms with E-state index in [-0.39, 0.29) is 40.7 Å². The number of anilines is 1. The lowest BCUT2D eigenvalue weighted by molar-refractivity contribution is -0.142. The predicted molar refractivity (Wildman–Crippen MR) is 124 cm³/mol. The van der Waals surface area contributed by atoms with Crippen LogP contribution < -0.4 is 21.3 Å². The van der Waals surface area contributed by atoms with Crippen LogP contribution in [0.5, 0.6) is 0 Å². The van der Waals surface area contributed by atoms with Crippen molar-refractivity contribution in [3.8, 4) is 0 Å². The topological polar surface area (TPSA) is 137 Å². The summed E-state index contributed by atoms with van der Waals surface area (Å²) in [5.41, 5.74) is -0.265. The molecule has 1 aliphatic carbocycles. The number of hydrogen-bond acceptors (Lipinski definition) is 5. The maximum absolute atomic E-state index is 13.2. The average Bonchev–Trinajstić information content (AvgIpc) is 3.54. The molecule has 9 nitrogen and oxygen atoms in total. The Morgan fingerprint density at radius 3 is 2.53 bits per heavy atom. The Balaban J connectivity index is 1.77. The lowest BCUT2D eigenvalue weighted by atomic mass is 9.93. The highest BCUT2D eigenvalue weighted by atomic mass is 35.5. The minimum absolute atomic E-state index is 0.0327. The lowest BCUT2D eigenvalue weighted by Gasteiger charge is -2.26. The van der Waals surface area contributed by atoms with Crippen molar-refractivity contribution in [3.05, 3.63) is 28.8 Å². The fourth-order valence-electron chi connectivity index (χ4n) is 3.95. The fraction of sp³-hybridized carbons (Fsp3) is 0.565. The number of carbonyl (C=O) groups is 4. The molecule has 0 bridgehead atoms. The summed E-state index contributed by atoms with van der Waals surface area (Å²) in [5.74, 6) is -3.31. The summed E-state index contributed by atoms with van der Waals surface area (Å²) in [4.78, 5) is 50.0. The molecule has 0 aromatic heterocycles. The molecule has 2 aliphatic rings. The highest BCUT2D eigenvalue weighted by Crippen LogP contribution is 2.26. The first-order valence-electron chi connectivity index (χ1n) is 11.6. The first-order chi connectivity index (χ1) is 16.8. The van der Waals surface area contributed by atoms with Crippen LogP contribution in [0.1, 0.15) is 55.8 Å². The van der Waals surface area contributed by atoms with Gasteiger partial charge in [-0.15, -0.1) is 0 Å². The number of nitrogens with one attached hydrogen (secondary N) is 4. The molecule has 2 fully saturated rings. The quantitative estimate of drug-likeness (QED) is 0.315.